The number of unbranched alkanes of at least 4 members (excludes halogenated alkanes) is 6. The van der Waals surface area contributed by atoms with Gasteiger partial charge in [0.1, 0.15) is 11.5 Å². The van der Waals surface area contributed by atoms with Gasteiger partial charge in [-0.1, -0.05) is 123 Å². The number of aryl methyl sites for hydroxylation is 2. The lowest BCUT2D eigenvalue weighted by Crippen LogP contribution is -2.01. The van der Waals surface area contributed by atoms with Crippen LogP contribution in [0.15, 0.2) is 133 Å². The molecule has 0 aliphatic carbocycles. The van der Waals surface area contributed by atoms with Crippen molar-refractivity contribution in [3.05, 3.63) is 133 Å². The first-order chi connectivity index (χ1) is 24.9. The van der Waals surface area contributed by atoms with Crippen molar-refractivity contribution >= 4 is 54.4 Å². The van der Waals surface area contributed by atoms with Crippen LogP contribution in [0.1, 0.15) is 51.4 Å². The molecule has 0 spiro atoms. The first kappa shape index (κ1) is 32.0. The first-order valence-electron chi connectivity index (χ1n) is 18.6. The highest BCUT2D eigenvalue weighted by atomic mass is 16.5. The lowest BCUT2D eigenvalue weighted by molar-refractivity contribution is 0.304. The number of fused-ring (bicyclic) bond motifs is 7. The molecule has 0 saturated carbocycles. The Bertz CT molecular complexity index is 2090. The average Bonchev–Trinajstić information content (AvgIpc) is 3.66. The molecular weight excluding hydrogens is 613 g/mol. The van der Waals surface area contributed by atoms with E-state index in [4.69, 9.17) is 9.47 Å². The van der Waals surface area contributed by atoms with Crippen LogP contribution in [0.5, 0.6) is 11.5 Å². The minimum Gasteiger partial charge on any atom is -0.493 e. The molecule has 0 fully saturated rings. The van der Waals surface area contributed by atoms with E-state index in [2.05, 4.69) is 143 Å². The van der Waals surface area contributed by atoms with Gasteiger partial charge in [-0.25, -0.2) is 0 Å². The fraction of sp³-hybridized carbons (Fsp3) is 0.261. The van der Waals surface area contributed by atoms with Crippen molar-refractivity contribution in [3.8, 4) is 11.5 Å². The topological polar surface area (TPSA) is 28.3 Å². The molecular formula is C46H46N2O2. The Morgan fingerprint density at radius 1 is 0.300 bits per heavy atom. The van der Waals surface area contributed by atoms with Crippen molar-refractivity contribution in [1.82, 2.24) is 9.13 Å². The molecule has 8 rings (SSSR count). The number of aromatic nitrogens is 2. The molecule has 0 radical (unpaired) electrons. The lowest BCUT2D eigenvalue weighted by atomic mass is 10.1. The molecule has 0 atom stereocenters. The summed E-state index contributed by atoms with van der Waals surface area (Å²) in [5.41, 5.74) is 5.34. The molecule has 0 amide bonds. The highest BCUT2D eigenvalue weighted by Crippen LogP contribution is 2.33. The Morgan fingerprint density at radius 3 is 1.00 bits per heavy atom. The van der Waals surface area contributed by atoms with E-state index in [-0.39, 0.29) is 0 Å². The van der Waals surface area contributed by atoms with E-state index in [1.54, 1.807) is 0 Å². The monoisotopic (exact) mass is 658 g/mol. The summed E-state index contributed by atoms with van der Waals surface area (Å²) in [7, 11) is 0. The van der Waals surface area contributed by atoms with Crippen LogP contribution < -0.4 is 9.47 Å². The average molecular weight is 659 g/mol. The molecule has 0 aliphatic heterocycles. The number of hydrogen-bond donors (Lipinski definition) is 0. The van der Waals surface area contributed by atoms with Crippen LogP contribution in [-0.2, 0) is 13.1 Å². The largest absolute Gasteiger partial charge is 0.493 e. The van der Waals surface area contributed by atoms with Gasteiger partial charge in [0.15, 0.2) is 0 Å². The van der Waals surface area contributed by atoms with Gasteiger partial charge in [-0.05, 0) is 62.1 Å². The van der Waals surface area contributed by atoms with E-state index in [0.29, 0.717) is 0 Å². The fourth-order valence-electron chi connectivity index (χ4n) is 7.81. The molecule has 8 aromatic rings. The minimum absolute atomic E-state index is 0.730. The van der Waals surface area contributed by atoms with E-state index in [1.807, 2.05) is 0 Å². The molecule has 4 nitrogen and oxygen atoms in total. The van der Waals surface area contributed by atoms with Crippen molar-refractivity contribution in [2.45, 2.75) is 64.5 Å². The van der Waals surface area contributed by atoms with Crippen LogP contribution >= 0.6 is 0 Å². The van der Waals surface area contributed by atoms with Crippen LogP contribution in [0.4, 0.5) is 0 Å². The molecule has 252 valence electrons. The fourth-order valence-corrected chi connectivity index (χ4v) is 7.81. The van der Waals surface area contributed by atoms with Crippen LogP contribution in [0, 0.1) is 0 Å². The highest BCUT2D eigenvalue weighted by Gasteiger charge is 2.11. The SMILES string of the molecule is c1cc(OCCCCCCn2c3ccccc3c3ccccc32)c2cccc(OCCCCCCn3c4ccccc4c4ccccc43)c2c1. The Hall–Kier alpha value is -5.22. The Labute approximate surface area is 294 Å². The molecule has 50 heavy (non-hydrogen) atoms. The third-order valence-electron chi connectivity index (χ3n) is 10.3. The molecule has 2 heterocycles. The van der Waals surface area contributed by atoms with Crippen LogP contribution in [0.3, 0.4) is 0 Å². The predicted octanol–water partition coefficient (Wildman–Crippen LogP) is 12.3. The molecule has 6 aromatic carbocycles. The Morgan fingerprint density at radius 2 is 0.620 bits per heavy atom. The predicted molar refractivity (Wildman–Crippen MR) is 211 cm³/mol. The second kappa shape index (κ2) is 15.1. The smallest absolute Gasteiger partial charge is 0.127 e. The summed E-state index contributed by atoms with van der Waals surface area (Å²) in [6.07, 6.45) is 9.14. The number of ether oxygens (including phenoxy) is 2. The molecule has 0 N–H and O–H groups in total. The quantitative estimate of drug-likeness (QED) is 0.0967. The van der Waals surface area contributed by atoms with Crippen molar-refractivity contribution < 1.29 is 9.47 Å². The van der Waals surface area contributed by atoms with Crippen LogP contribution in [0.25, 0.3) is 54.4 Å². The van der Waals surface area contributed by atoms with Gasteiger partial charge in [0.05, 0.1) is 13.2 Å². The van der Waals surface area contributed by atoms with Gasteiger partial charge < -0.3 is 18.6 Å². The zero-order valence-electron chi connectivity index (χ0n) is 28.9. The summed E-state index contributed by atoms with van der Waals surface area (Å²) in [6.45, 7) is 3.55. The second-order valence-electron chi connectivity index (χ2n) is 13.5. The van der Waals surface area contributed by atoms with Gasteiger partial charge >= 0.3 is 0 Å². The summed E-state index contributed by atoms with van der Waals surface area (Å²) in [5.74, 6) is 1.89. The summed E-state index contributed by atoms with van der Waals surface area (Å²) in [5, 5.41) is 7.65. The molecule has 0 bridgehead atoms. The summed E-state index contributed by atoms with van der Waals surface area (Å²) in [6, 6.07) is 47.8. The van der Waals surface area contributed by atoms with E-state index < -0.39 is 0 Å². The number of benzene rings is 6. The highest BCUT2D eigenvalue weighted by molar-refractivity contribution is 6.08. The van der Waals surface area contributed by atoms with Crippen LogP contribution in [-0.4, -0.2) is 22.3 Å². The van der Waals surface area contributed by atoms with Crippen molar-refractivity contribution in [2.24, 2.45) is 0 Å². The number of rotatable bonds is 16. The maximum atomic E-state index is 6.33. The van der Waals surface area contributed by atoms with Gasteiger partial charge in [-0.2, -0.15) is 0 Å². The van der Waals surface area contributed by atoms with Crippen LogP contribution in [0.2, 0.25) is 0 Å². The lowest BCUT2D eigenvalue weighted by Gasteiger charge is -2.13. The number of hydrogen-bond acceptors (Lipinski definition) is 2. The molecule has 4 heteroatoms. The van der Waals surface area contributed by atoms with Gasteiger partial charge in [0.2, 0.25) is 0 Å². The second-order valence-corrected chi connectivity index (χ2v) is 13.5. The normalized spacial score (nSPS) is 11.8. The van der Waals surface area contributed by atoms with E-state index in [0.717, 1.165) is 74.3 Å². The van der Waals surface area contributed by atoms with Gasteiger partial charge in [-0.15, -0.1) is 0 Å². The first-order valence-corrected chi connectivity index (χ1v) is 18.6. The van der Waals surface area contributed by atoms with Crippen molar-refractivity contribution in [1.29, 1.82) is 0 Å². The third kappa shape index (κ3) is 6.55. The van der Waals surface area contributed by atoms with Crippen molar-refractivity contribution in [2.75, 3.05) is 13.2 Å². The summed E-state index contributed by atoms with van der Waals surface area (Å²) in [4.78, 5) is 0. The third-order valence-corrected chi connectivity index (χ3v) is 10.3. The van der Waals surface area contributed by atoms with Gasteiger partial charge in [0.25, 0.3) is 0 Å². The molecule has 0 aliphatic rings. The van der Waals surface area contributed by atoms with E-state index in [9.17, 15) is 0 Å². The molecule has 0 unspecified atom stereocenters. The standard InChI is InChI=1S/C46H46N2O2/c1(13-31-47-41-25-9-5-19-35(41)36-20-6-10-26-42(36)47)3-15-33-49-45-29-17-24-40-39(45)23-18-30-46(40)50-34-16-4-2-14-32-48-43-27-11-7-21-37(43)38-22-8-12-28-44(38)48/h5-12,17-30H,1-4,13-16,31-34H2. The van der Waals surface area contributed by atoms with Crippen molar-refractivity contribution in [3.63, 3.8) is 0 Å². The number of nitrogens with zero attached hydrogens (tertiary/aromatic N) is 2. The summed E-state index contributed by atoms with van der Waals surface area (Å²) >= 11 is 0. The molecule has 2 aromatic heterocycles. The zero-order valence-corrected chi connectivity index (χ0v) is 28.9. The summed E-state index contributed by atoms with van der Waals surface area (Å²) < 4.78 is 17.6. The van der Waals surface area contributed by atoms with Gasteiger partial charge in [0, 0.05) is 67.5 Å². The van der Waals surface area contributed by atoms with Gasteiger partial charge in [-0.3, -0.25) is 0 Å². The maximum Gasteiger partial charge on any atom is 0.127 e. The Balaban J connectivity index is 0.780. The van der Waals surface area contributed by atoms with E-state index in [1.165, 1.54) is 69.3 Å². The molecule has 0 saturated heterocycles. The van der Waals surface area contributed by atoms with E-state index >= 15 is 0 Å². The number of para-hydroxylation sites is 4. The maximum absolute atomic E-state index is 6.33. The minimum atomic E-state index is 0.730. The Kier molecular flexibility index (Phi) is 9.68. The zero-order chi connectivity index (χ0) is 33.5.